The molecule has 7 nitrogen and oxygen atoms in total. The third kappa shape index (κ3) is 3.15. The molecule has 32 heavy (non-hydrogen) atoms. The maximum Gasteiger partial charge on any atom is 0.306 e. The van der Waals surface area contributed by atoms with Crippen LogP contribution in [0.1, 0.15) is 72.1 Å². The summed E-state index contributed by atoms with van der Waals surface area (Å²) >= 11 is 0. The van der Waals surface area contributed by atoms with E-state index in [0.717, 1.165) is 12.0 Å². The third-order valence-electron chi connectivity index (χ3n) is 9.46. The molecule has 3 N–H and O–H groups in total. The highest BCUT2D eigenvalue weighted by Crippen LogP contribution is 2.67. The first-order valence-electron chi connectivity index (χ1n) is 12.0. The van der Waals surface area contributed by atoms with Gasteiger partial charge in [0.25, 0.3) is 0 Å². The molecule has 3 saturated carbocycles. The smallest absolute Gasteiger partial charge is 0.306 e. The summed E-state index contributed by atoms with van der Waals surface area (Å²) in [7, 11) is 0. The zero-order valence-electron chi connectivity index (χ0n) is 19.3. The van der Waals surface area contributed by atoms with E-state index in [4.69, 9.17) is 4.74 Å². The van der Waals surface area contributed by atoms with Crippen molar-refractivity contribution < 1.29 is 34.4 Å². The van der Waals surface area contributed by atoms with Crippen molar-refractivity contribution in [2.45, 2.75) is 89.9 Å². The minimum Gasteiger partial charge on any atom is -0.461 e. The summed E-state index contributed by atoms with van der Waals surface area (Å²) in [5.74, 6) is -1.17. The highest BCUT2D eigenvalue weighted by atomic mass is 16.5. The Labute approximate surface area is 189 Å². The van der Waals surface area contributed by atoms with Gasteiger partial charge in [0, 0.05) is 29.6 Å². The largest absolute Gasteiger partial charge is 0.461 e. The average Bonchev–Trinajstić information content (AvgIpc) is 2.99. The zero-order valence-corrected chi connectivity index (χ0v) is 19.3. The first-order chi connectivity index (χ1) is 15.0. The van der Waals surface area contributed by atoms with E-state index in [1.165, 1.54) is 0 Å². The molecule has 4 aliphatic carbocycles. The molecule has 8 atom stereocenters. The number of ketones is 2. The Balaban J connectivity index is 1.73. The van der Waals surface area contributed by atoms with E-state index in [9.17, 15) is 29.7 Å². The van der Waals surface area contributed by atoms with Crippen molar-refractivity contribution in [3.05, 3.63) is 11.6 Å². The van der Waals surface area contributed by atoms with Gasteiger partial charge < -0.3 is 20.1 Å². The predicted octanol–water partition coefficient (Wildman–Crippen LogP) is 2.10. The van der Waals surface area contributed by atoms with Crippen molar-refractivity contribution >= 4 is 17.5 Å². The van der Waals surface area contributed by atoms with Crippen LogP contribution < -0.4 is 0 Å². The van der Waals surface area contributed by atoms with Crippen LogP contribution in [0.3, 0.4) is 0 Å². The SMILES string of the molecule is CCCC(=O)OC1CC(=O)C=C2CC[C@@H]3[C@H]([C@@H](O)C[C@@]4(C)[C@H]3CC[C@]4(O)C(=O)CO)[C@]21C. The van der Waals surface area contributed by atoms with Crippen LogP contribution in [0.5, 0.6) is 0 Å². The molecule has 0 spiro atoms. The molecule has 4 rings (SSSR count). The minimum atomic E-state index is -1.65. The van der Waals surface area contributed by atoms with Crippen LogP contribution in [0, 0.1) is 28.6 Å². The summed E-state index contributed by atoms with van der Waals surface area (Å²) < 4.78 is 5.86. The average molecular weight is 449 g/mol. The third-order valence-corrected chi connectivity index (χ3v) is 9.46. The number of hydrogen-bond acceptors (Lipinski definition) is 7. The molecule has 0 aromatic heterocycles. The lowest BCUT2D eigenvalue weighted by molar-refractivity contribution is -0.197. The van der Waals surface area contributed by atoms with Crippen LogP contribution in [0.2, 0.25) is 0 Å². The van der Waals surface area contributed by atoms with Gasteiger partial charge in [0.1, 0.15) is 18.3 Å². The van der Waals surface area contributed by atoms with Crippen LogP contribution in [0.25, 0.3) is 0 Å². The molecule has 0 bridgehead atoms. The normalized spacial score (nSPS) is 45.4. The fourth-order valence-corrected chi connectivity index (χ4v) is 7.88. The van der Waals surface area contributed by atoms with Gasteiger partial charge in [0.15, 0.2) is 11.6 Å². The van der Waals surface area contributed by atoms with Gasteiger partial charge in [0.05, 0.1) is 6.10 Å². The molecule has 178 valence electrons. The summed E-state index contributed by atoms with van der Waals surface area (Å²) in [6.45, 7) is 5.06. The van der Waals surface area contributed by atoms with Gasteiger partial charge in [-0.05, 0) is 56.4 Å². The van der Waals surface area contributed by atoms with E-state index in [1.807, 2.05) is 20.8 Å². The number of aliphatic hydroxyl groups excluding tert-OH is 2. The molecule has 4 aliphatic rings. The molecule has 7 heteroatoms. The van der Waals surface area contributed by atoms with E-state index in [2.05, 4.69) is 0 Å². The standard InChI is InChI=1S/C25H36O7/c1-4-5-21(30)32-20-11-15(27)10-14-6-7-16-17-8-9-25(31,19(29)13-26)23(17,2)12-18(28)22(16)24(14,20)3/h10,16-18,20,22,26,28,31H,4-9,11-13H2,1-3H3/t16-,17-,18-,20?,22+,23-,24+,25-/m0/s1. The Morgan fingerprint density at radius 2 is 1.97 bits per heavy atom. The van der Waals surface area contributed by atoms with Crippen molar-refractivity contribution in [3.63, 3.8) is 0 Å². The predicted molar refractivity (Wildman–Crippen MR) is 115 cm³/mol. The lowest BCUT2D eigenvalue weighted by atomic mass is 9.44. The van der Waals surface area contributed by atoms with Crippen LogP contribution in [0.15, 0.2) is 11.6 Å². The highest BCUT2D eigenvalue weighted by molar-refractivity contribution is 5.92. The van der Waals surface area contributed by atoms with Gasteiger partial charge in [-0.1, -0.05) is 26.3 Å². The topological polar surface area (TPSA) is 121 Å². The van der Waals surface area contributed by atoms with E-state index in [1.54, 1.807) is 6.08 Å². The Morgan fingerprint density at radius 1 is 1.25 bits per heavy atom. The molecular formula is C25H36O7. The second kappa shape index (κ2) is 8.03. The molecule has 3 fully saturated rings. The van der Waals surface area contributed by atoms with E-state index in [0.29, 0.717) is 19.3 Å². The first-order valence-corrected chi connectivity index (χ1v) is 12.0. The Kier molecular flexibility index (Phi) is 5.92. The van der Waals surface area contributed by atoms with E-state index in [-0.39, 0.29) is 55.2 Å². The molecular weight excluding hydrogens is 412 g/mol. The number of aliphatic hydroxyl groups is 3. The quantitative estimate of drug-likeness (QED) is 0.551. The minimum absolute atomic E-state index is 0.000559. The number of rotatable bonds is 5. The van der Waals surface area contributed by atoms with Gasteiger partial charge in [-0.25, -0.2) is 0 Å². The van der Waals surface area contributed by atoms with Crippen molar-refractivity contribution in [2.75, 3.05) is 6.61 Å². The number of esters is 1. The Hall–Kier alpha value is -1.57. The maximum absolute atomic E-state index is 12.5. The monoisotopic (exact) mass is 448 g/mol. The van der Waals surface area contributed by atoms with Gasteiger partial charge in [-0.3, -0.25) is 14.4 Å². The van der Waals surface area contributed by atoms with Crippen molar-refractivity contribution in [1.82, 2.24) is 0 Å². The first kappa shape index (κ1) is 23.6. The number of ether oxygens (including phenoxy) is 1. The molecule has 0 radical (unpaired) electrons. The number of carbonyl (C=O) groups is 3. The number of Topliss-reactive ketones (excluding diaryl/α,β-unsaturated/α-hetero) is 1. The van der Waals surface area contributed by atoms with E-state index < -0.39 is 41.0 Å². The van der Waals surface area contributed by atoms with E-state index >= 15 is 0 Å². The molecule has 0 amide bonds. The Bertz CT molecular complexity index is 849. The second-order valence-electron chi connectivity index (χ2n) is 10.9. The molecule has 0 aromatic carbocycles. The highest BCUT2D eigenvalue weighted by Gasteiger charge is 2.69. The lowest BCUT2D eigenvalue weighted by Gasteiger charge is -2.61. The van der Waals surface area contributed by atoms with Crippen LogP contribution >= 0.6 is 0 Å². The van der Waals surface area contributed by atoms with Crippen LogP contribution in [-0.2, 0) is 19.1 Å². The summed E-state index contributed by atoms with van der Waals surface area (Å²) in [5.41, 5.74) is -2.20. The molecule has 0 heterocycles. The fourth-order valence-electron chi connectivity index (χ4n) is 7.88. The van der Waals surface area contributed by atoms with Gasteiger partial charge >= 0.3 is 5.97 Å². The van der Waals surface area contributed by atoms with Gasteiger partial charge in [-0.2, -0.15) is 0 Å². The zero-order chi connectivity index (χ0) is 23.5. The maximum atomic E-state index is 12.5. The second-order valence-corrected chi connectivity index (χ2v) is 10.9. The van der Waals surface area contributed by atoms with Crippen molar-refractivity contribution in [2.24, 2.45) is 28.6 Å². The Morgan fingerprint density at radius 3 is 2.62 bits per heavy atom. The number of fused-ring (bicyclic) bond motifs is 5. The van der Waals surface area contributed by atoms with Crippen molar-refractivity contribution in [1.29, 1.82) is 0 Å². The molecule has 0 aromatic rings. The number of carbonyl (C=O) groups excluding carboxylic acids is 3. The molecule has 0 aliphatic heterocycles. The van der Waals surface area contributed by atoms with Gasteiger partial charge in [0.2, 0.25) is 0 Å². The summed E-state index contributed by atoms with van der Waals surface area (Å²) in [5, 5.41) is 32.3. The fraction of sp³-hybridized carbons (Fsp3) is 0.800. The lowest BCUT2D eigenvalue weighted by Crippen LogP contribution is -2.64. The molecule has 0 saturated heterocycles. The van der Waals surface area contributed by atoms with Crippen LogP contribution in [-0.4, -0.2) is 57.3 Å². The summed E-state index contributed by atoms with van der Waals surface area (Å²) in [6.07, 6.45) is 3.84. The summed E-state index contributed by atoms with van der Waals surface area (Å²) in [4.78, 5) is 37.4. The molecule has 1 unspecified atom stereocenters. The van der Waals surface area contributed by atoms with Gasteiger partial charge in [-0.15, -0.1) is 0 Å². The van der Waals surface area contributed by atoms with Crippen LogP contribution in [0.4, 0.5) is 0 Å². The van der Waals surface area contributed by atoms with Crippen molar-refractivity contribution in [3.8, 4) is 0 Å². The summed E-state index contributed by atoms with van der Waals surface area (Å²) in [6, 6.07) is 0. The number of hydrogen-bond donors (Lipinski definition) is 3.